The van der Waals surface area contributed by atoms with Gasteiger partial charge in [-0.2, -0.15) is 0 Å². The minimum atomic E-state index is -1.43. The first-order valence-corrected chi connectivity index (χ1v) is 15.4. The zero-order chi connectivity index (χ0) is 31.2. The molecular formula is C39H24BrF4N. The molecule has 8 rings (SSSR count). The molecule has 0 atom stereocenters. The Morgan fingerprint density at radius 1 is 0.533 bits per heavy atom. The van der Waals surface area contributed by atoms with Gasteiger partial charge >= 0.3 is 0 Å². The van der Waals surface area contributed by atoms with Crippen LogP contribution < -0.4 is 0 Å². The van der Waals surface area contributed by atoms with Crippen LogP contribution in [0.5, 0.6) is 0 Å². The fraction of sp³-hybridized carbons (Fsp3) is 0.0769. The zero-order valence-corrected chi connectivity index (χ0v) is 25.8. The minimum absolute atomic E-state index is 0.0438. The molecule has 0 spiro atoms. The van der Waals surface area contributed by atoms with E-state index in [1.54, 1.807) is 30.3 Å². The van der Waals surface area contributed by atoms with E-state index in [0.717, 1.165) is 49.7 Å². The maximum absolute atomic E-state index is 15.7. The van der Waals surface area contributed by atoms with Crippen LogP contribution in [0.25, 0.3) is 60.9 Å². The second-order valence-corrected chi connectivity index (χ2v) is 12.9. The number of fused-ring (bicyclic) bond motifs is 6. The Kier molecular flexibility index (Phi) is 6.13. The molecule has 220 valence electrons. The van der Waals surface area contributed by atoms with Gasteiger partial charge in [0.05, 0.1) is 22.2 Å². The zero-order valence-electron chi connectivity index (χ0n) is 24.2. The molecule has 45 heavy (non-hydrogen) atoms. The molecule has 0 N–H and O–H groups in total. The molecule has 6 aromatic carbocycles. The smallest absolute Gasteiger partial charge is 0.170 e. The first-order valence-electron chi connectivity index (χ1n) is 14.6. The summed E-state index contributed by atoms with van der Waals surface area (Å²) in [6.45, 7) is 4.13. The third-order valence-electron chi connectivity index (χ3n) is 9.17. The summed E-state index contributed by atoms with van der Waals surface area (Å²) in [5.41, 5.74) is 5.13. The van der Waals surface area contributed by atoms with Gasteiger partial charge in [-0.05, 0) is 81.9 Å². The summed E-state index contributed by atoms with van der Waals surface area (Å²) >= 11 is 3.27. The van der Waals surface area contributed by atoms with E-state index in [-0.39, 0.29) is 11.1 Å². The summed E-state index contributed by atoms with van der Waals surface area (Å²) in [4.78, 5) is 0. The first-order chi connectivity index (χ1) is 21.7. The highest BCUT2D eigenvalue weighted by Gasteiger charge is 2.37. The van der Waals surface area contributed by atoms with Crippen molar-refractivity contribution in [3.8, 4) is 39.1 Å². The maximum atomic E-state index is 15.7. The highest BCUT2D eigenvalue weighted by atomic mass is 79.9. The van der Waals surface area contributed by atoms with Crippen LogP contribution in [0.1, 0.15) is 25.0 Å². The summed E-state index contributed by atoms with van der Waals surface area (Å²) in [5.74, 6) is -5.70. The van der Waals surface area contributed by atoms with Crippen LogP contribution in [0.4, 0.5) is 17.6 Å². The first kappa shape index (κ1) is 27.8. The maximum Gasteiger partial charge on any atom is 0.170 e. The third kappa shape index (κ3) is 3.98. The van der Waals surface area contributed by atoms with Crippen molar-refractivity contribution in [2.75, 3.05) is 0 Å². The molecule has 1 aliphatic carbocycles. The molecule has 0 bridgehead atoms. The molecule has 1 heterocycles. The standard InChI is InChI=1S/C39H24BrF4N/c1-39(2)29-18-22(34-37(43)35(41)33(36(42)38(34)44)21-12-15-23(40)16-13-21)14-17-25(29)27-20-32-28(19-30(27)39)26-10-6-7-11-31(26)45(32)24-8-4-3-5-9-24/h3-20H,1-2H3. The number of rotatable bonds is 3. The number of benzene rings is 6. The summed E-state index contributed by atoms with van der Waals surface area (Å²) in [5, 5.41) is 2.21. The molecule has 1 nitrogen and oxygen atoms in total. The van der Waals surface area contributed by atoms with Crippen molar-refractivity contribution in [1.82, 2.24) is 4.57 Å². The number of nitrogens with zero attached hydrogens (tertiary/aromatic N) is 1. The van der Waals surface area contributed by atoms with E-state index >= 15 is 17.6 Å². The lowest BCUT2D eigenvalue weighted by atomic mass is 9.81. The second-order valence-electron chi connectivity index (χ2n) is 12.0. The Morgan fingerprint density at radius 3 is 1.80 bits per heavy atom. The summed E-state index contributed by atoms with van der Waals surface area (Å²) in [7, 11) is 0. The predicted octanol–water partition coefficient (Wildman–Crippen LogP) is 11.7. The van der Waals surface area contributed by atoms with Crippen LogP contribution >= 0.6 is 15.9 Å². The number of para-hydroxylation sites is 2. The Bertz CT molecular complexity index is 2310. The van der Waals surface area contributed by atoms with E-state index in [4.69, 9.17) is 0 Å². The molecule has 0 radical (unpaired) electrons. The van der Waals surface area contributed by atoms with Crippen LogP contribution in [0.15, 0.2) is 114 Å². The molecule has 7 aromatic rings. The Hall–Kier alpha value is -4.68. The average Bonchev–Trinajstić information content (AvgIpc) is 3.49. The predicted molar refractivity (Wildman–Crippen MR) is 177 cm³/mol. The van der Waals surface area contributed by atoms with Crippen LogP contribution in [-0.4, -0.2) is 4.57 Å². The van der Waals surface area contributed by atoms with Crippen molar-refractivity contribution < 1.29 is 17.6 Å². The molecule has 0 aliphatic heterocycles. The van der Waals surface area contributed by atoms with Gasteiger partial charge in [0.25, 0.3) is 0 Å². The van der Waals surface area contributed by atoms with E-state index in [9.17, 15) is 0 Å². The normalized spacial score (nSPS) is 13.4. The van der Waals surface area contributed by atoms with Crippen molar-refractivity contribution >= 4 is 37.7 Å². The van der Waals surface area contributed by atoms with E-state index in [0.29, 0.717) is 4.47 Å². The summed E-state index contributed by atoms with van der Waals surface area (Å²) in [6, 6.07) is 33.8. The third-order valence-corrected chi connectivity index (χ3v) is 9.70. The van der Waals surface area contributed by atoms with Gasteiger partial charge in [-0.3, -0.25) is 0 Å². The number of hydrogen-bond donors (Lipinski definition) is 0. The van der Waals surface area contributed by atoms with Crippen LogP contribution in [-0.2, 0) is 5.41 Å². The molecule has 0 saturated carbocycles. The van der Waals surface area contributed by atoms with Crippen LogP contribution in [0, 0.1) is 23.3 Å². The minimum Gasteiger partial charge on any atom is -0.309 e. The van der Waals surface area contributed by atoms with Gasteiger partial charge in [0, 0.05) is 26.3 Å². The van der Waals surface area contributed by atoms with Crippen molar-refractivity contribution in [1.29, 1.82) is 0 Å². The van der Waals surface area contributed by atoms with Gasteiger partial charge in [0.1, 0.15) is 0 Å². The van der Waals surface area contributed by atoms with E-state index < -0.39 is 39.8 Å². The molecule has 1 aliphatic rings. The average molecular weight is 663 g/mol. The fourth-order valence-corrected chi connectivity index (χ4v) is 7.23. The quantitative estimate of drug-likeness (QED) is 0.131. The van der Waals surface area contributed by atoms with Crippen LogP contribution in [0.2, 0.25) is 0 Å². The fourth-order valence-electron chi connectivity index (χ4n) is 6.96. The van der Waals surface area contributed by atoms with E-state index in [1.165, 1.54) is 12.1 Å². The lowest BCUT2D eigenvalue weighted by Gasteiger charge is -2.22. The Morgan fingerprint density at radius 2 is 1.11 bits per heavy atom. The molecule has 6 heteroatoms. The van der Waals surface area contributed by atoms with E-state index in [2.05, 4.69) is 70.7 Å². The Balaban J connectivity index is 1.33. The van der Waals surface area contributed by atoms with Gasteiger partial charge in [0.15, 0.2) is 23.3 Å². The second kappa shape index (κ2) is 9.91. The SMILES string of the molecule is CC1(C)c2cc(-c3c(F)c(F)c(-c4ccc(Br)cc4)c(F)c3F)ccc2-c2cc3c(cc21)c1ccccc1n3-c1ccccc1. The molecule has 0 saturated heterocycles. The Labute approximate surface area is 265 Å². The van der Waals surface area contributed by atoms with Crippen molar-refractivity contribution in [3.63, 3.8) is 0 Å². The molecular weight excluding hydrogens is 638 g/mol. The van der Waals surface area contributed by atoms with Gasteiger partial charge < -0.3 is 4.57 Å². The van der Waals surface area contributed by atoms with E-state index in [1.807, 2.05) is 30.3 Å². The monoisotopic (exact) mass is 661 g/mol. The largest absolute Gasteiger partial charge is 0.309 e. The summed E-state index contributed by atoms with van der Waals surface area (Å²) in [6.07, 6.45) is 0. The van der Waals surface area contributed by atoms with Gasteiger partial charge in [0.2, 0.25) is 0 Å². The number of halogens is 5. The number of hydrogen-bond acceptors (Lipinski definition) is 0. The van der Waals surface area contributed by atoms with Crippen molar-refractivity contribution in [2.45, 2.75) is 19.3 Å². The highest BCUT2D eigenvalue weighted by molar-refractivity contribution is 9.10. The molecule has 0 fully saturated rings. The molecule has 0 unspecified atom stereocenters. The molecule has 0 amide bonds. The lowest BCUT2D eigenvalue weighted by molar-refractivity contribution is 0.463. The highest BCUT2D eigenvalue weighted by Crippen LogP contribution is 2.52. The van der Waals surface area contributed by atoms with Gasteiger partial charge in [-0.1, -0.05) is 90.4 Å². The molecule has 1 aromatic heterocycles. The van der Waals surface area contributed by atoms with Gasteiger partial charge in [-0.15, -0.1) is 0 Å². The van der Waals surface area contributed by atoms with Crippen molar-refractivity contribution in [2.24, 2.45) is 0 Å². The number of aromatic nitrogens is 1. The summed E-state index contributed by atoms with van der Waals surface area (Å²) < 4.78 is 65.2. The van der Waals surface area contributed by atoms with Gasteiger partial charge in [-0.25, -0.2) is 17.6 Å². The topological polar surface area (TPSA) is 4.93 Å². The lowest BCUT2D eigenvalue weighted by Crippen LogP contribution is -2.15. The van der Waals surface area contributed by atoms with Crippen molar-refractivity contribution in [3.05, 3.63) is 148 Å². The van der Waals surface area contributed by atoms with Crippen LogP contribution in [0.3, 0.4) is 0 Å².